The largest absolute Gasteiger partial charge is 0.296 e. The Morgan fingerprint density at radius 2 is 1.87 bits per heavy atom. The molecule has 0 saturated carbocycles. The Bertz CT molecular complexity index is 1190. The minimum atomic E-state index is -0.451. The number of amides is 2. The summed E-state index contributed by atoms with van der Waals surface area (Å²) in [5, 5.41) is 0.501. The molecule has 0 bridgehead atoms. The molecule has 2 N–H and O–H groups in total. The van der Waals surface area contributed by atoms with Crippen LogP contribution >= 0.6 is 11.8 Å². The molecule has 0 radical (unpaired) electrons. The van der Waals surface area contributed by atoms with Crippen molar-refractivity contribution in [3.05, 3.63) is 69.8 Å². The molecule has 8 heteroatoms. The molecule has 160 valence electrons. The zero-order chi connectivity index (χ0) is 21.8. The van der Waals surface area contributed by atoms with Gasteiger partial charge in [-0.2, -0.15) is 0 Å². The second-order valence-corrected chi connectivity index (χ2v) is 8.68. The molecule has 2 heterocycles. The first-order valence-electron chi connectivity index (χ1n) is 10.3. The number of aryl methyl sites for hydroxylation is 2. The fourth-order valence-electron chi connectivity index (χ4n) is 3.58. The highest BCUT2D eigenvalue weighted by atomic mass is 32.2. The van der Waals surface area contributed by atoms with Crippen LogP contribution in [-0.4, -0.2) is 27.1 Å². The average Bonchev–Trinajstić information content (AvgIpc) is 3.02. The van der Waals surface area contributed by atoms with E-state index < -0.39 is 5.91 Å². The Kier molecular flexibility index (Phi) is 6.36. The van der Waals surface area contributed by atoms with Gasteiger partial charge in [0.25, 0.3) is 11.5 Å². The fourth-order valence-corrected chi connectivity index (χ4v) is 4.28. The van der Waals surface area contributed by atoms with Crippen LogP contribution < -0.4 is 16.4 Å². The summed E-state index contributed by atoms with van der Waals surface area (Å²) in [5.41, 5.74) is 6.81. The van der Waals surface area contributed by atoms with Crippen LogP contribution in [0, 0.1) is 6.92 Å². The third-order valence-corrected chi connectivity index (χ3v) is 6.30. The number of aromatic nitrogens is 2. The van der Waals surface area contributed by atoms with Crippen molar-refractivity contribution in [3.63, 3.8) is 0 Å². The van der Waals surface area contributed by atoms with E-state index in [0.717, 1.165) is 42.0 Å². The van der Waals surface area contributed by atoms with Gasteiger partial charge in [-0.1, -0.05) is 24.1 Å². The van der Waals surface area contributed by atoms with Crippen molar-refractivity contribution < 1.29 is 9.59 Å². The second kappa shape index (κ2) is 9.34. The van der Waals surface area contributed by atoms with Crippen LogP contribution in [0.2, 0.25) is 0 Å². The molecule has 31 heavy (non-hydrogen) atoms. The number of nitrogens with one attached hydrogen (secondary N) is 2. The topological polar surface area (TPSA) is 93.1 Å². The van der Waals surface area contributed by atoms with Crippen molar-refractivity contribution in [2.24, 2.45) is 0 Å². The highest BCUT2D eigenvalue weighted by Gasteiger charge is 2.15. The molecule has 0 spiro atoms. The Hall–Kier alpha value is -3.13. The lowest BCUT2D eigenvalue weighted by Gasteiger charge is -2.11. The highest BCUT2D eigenvalue weighted by molar-refractivity contribution is 8.00. The van der Waals surface area contributed by atoms with E-state index in [0.29, 0.717) is 23.0 Å². The van der Waals surface area contributed by atoms with Gasteiger partial charge in [0.15, 0.2) is 0 Å². The maximum absolute atomic E-state index is 12.8. The van der Waals surface area contributed by atoms with Gasteiger partial charge in [-0.05, 0) is 50.1 Å². The van der Waals surface area contributed by atoms with Crippen molar-refractivity contribution >= 4 is 34.5 Å². The van der Waals surface area contributed by atoms with Crippen LogP contribution in [0.3, 0.4) is 0 Å². The van der Waals surface area contributed by atoms with E-state index in [1.54, 1.807) is 22.8 Å². The van der Waals surface area contributed by atoms with Gasteiger partial charge in [0, 0.05) is 23.4 Å². The van der Waals surface area contributed by atoms with Gasteiger partial charge in [-0.25, -0.2) is 4.98 Å². The van der Waals surface area contributed by atoms with Crippen molar-refractivity contribution in [3.8, 4) is 0 Å². The maximum atomic E-state index is 12.8. The lowest BCUT2D eigenvalue weighted by atomic mass is 10.1. The number of fused-ring (bicyclic) bond motifs is 2. The van der Waals surface area contributed by atoms with Gasteiger partial charge in [-0.3, -0.25) is 29.8 Å². The molecule has 0 saturated heterocycles. The van der Waals surface area contributed by atoms with Crippen LogP contribution in [0.1, 0.15) is 41.0 Å². The van der Waals surface area contributed by atoms with E-state index in [2.05, 4.69) is 15.8 Å². The molecule has 2 amide bonds. The number of carbonyl (C=O) groups is 2. The van der Waals surface area contributed by atoms with Crippen LogP contribution in [0.15, 0.2) is 52.2 Å². The van der Waals surface area contributed by atoms with E-state index in [9.17, 15) is 14.4 Å². The number of benzene rings is 2. The summed E-state index contributed by atoms with van der Waals surface area (Å²) >= 11 is 1.39. The highest BCUT2D eigenvalue weighted by Crippen LogP contribution is 2.18. The molecular formula is C23H24N4O3S. The Morgan fingerprint density at radius 3 is 2.68 bits per heavy atom. The van der Waals surface area contributed by atoms with E-state index >= 15 is 0 Å². The lowest BCUT2D eigenvalue weighted by Crippen LogP contribution is -2.42. The standard InChI is InChI=1S/C23H24N4O3S/c1-15-6-9-17(10-7-15)31-14-21(28)25-26-22(29)16-8-11-18-19(13-16)24-20-5-3-2-4-12-27(20)23(18)30/h6-11,13H,2-5,12,14H2,1H3,(H,25,28)(H,26,29). The summed E-state index contributed by atoms with van der Waals surface area (Å²) in [4.78, 5) is 43.0. The van der Waals surface area contributed by atoms with Gasteiger partial charge in [0.1, 0.15) is 5.82 Å². The Labute approximate surface area is 184 Å². The Balaban J connectivity index is 1.41. The van der Waals surface area contributed by atoms with Crippen molar-refractivity contribution in [1.29, 1.82) is 0 Å². The maximum Gasteiger partial charge on any atom is 0.269 e. The first-order valence-corrected chi connectivity index (χ1v) is 11.3. The summed E-state index contributed by atoms with van der Waals surface area (Å²) in [6.07, 6.45) is 3.82. The van der Waals surface area contributed by atoms with Crippen LogP contribution in [0.4, 0.5) is 0 Å². The van der Waals surface area contributed by atoms with Gasteiger partial charge >= 0.3 is 0 Å². The SMILES string of the molecule is Cc1ccc(SCC(=O)NNC(=O)c2ccc3c(=O)n4c(nc3c2)CCCCC4)cc1. The molecule has 0 fully saturated rings. The number of hydrogen-bond acceptors (Lipinski definition) is 5. The summed E-state index contributed by atoms with van der Waals surface area (Å²) in [6.45, 7) is 2.69. The molecule has 1 aliphatic rings. The molecule has 1 aromatic heterocycles. The number of rotatable bonds is 4. The van der Waals surface area contributed by atoms with Crippen molar-refractivity contribution in [2.75, 3.05) is 5.75 Å². The zero-order valence-corrected chi connectivity index (χ0v) is 18.1. The number of carbonyl (C=O) groups excluding carboxylic acids is 2. The summed E-state index contributed by atoms with van der Waals surface area (Å²) < 4.78 is 1.75. The number of hydrazine groups is 1. The third-order valence-electron chi connectivity index (χ3n) is 5.29. The average molecular weight is 437 g/mol. The number of nitrogens with zero attached hydrogens (tertiary/aromatic N) is 2. The minimum Gasteiger partial charge on any atom is -0.296 e. The Morgan fingerprint density at radius 1 is 1.06 bits per heavy atom. The molecule has 0 unspecified atom stereocenters. The molecular weight excluding hydrogens is 412 g/mol. The normalized spacial score (nSPS) is 13.3. The predicted molar refractivity (Wildman–Crippen MR) is 121 cm³/mol. The first kappa shape index (κ1) is 21.1. The van der Waals surface area contributed by atoms with Gasteiger partial charge in [-0.15, -0.1) is 11.8 Å². The molecule has 3 aromatic rings. The summed E-state index contributed by atoms with van der Waals surface area (Å²) in [7, 11) is 0. The molecule has 2 aromatic carbocycles. The van der Waals surface area contributed by atoms with Crippen LogP contribution in [-0.2, 0) is 17.8 Å². The fraction of sp³-hybridized carbons (Fsp3) is 0.304. The van der Waals surface area contributed by atoms with Gasteiger partial charge in [0.2, 0.25) is 5.91 Å². The minimum absolute atomic E-state index is 0.0599. The van der Waals surface area contributed by atoms with Crippen LogP contribution in [0.5, 0.6) is 0 Å². The molecule has 0 aliphatic carbocycles. The van der Waals surface area contributed by atoms with E-state index in [-0.39, 0.29) is 17.2 Å². The summed E-state index contributed by atoms with van der Waals surface area (Å²) in [6, 6.07) is 12.7. The van der Waals surface area contributed by atoms with Gasteiger partial charge < -0.3 is 0 Å². The quantitative estimate of drug-likeness (QED) is 0.485. The van der Waals surface area contributed by atoms with E-state index in [4.69, 9.17) is 0 Å². The number of thioether (sulfide) groups is 1. The smallest absolute Gasteiger partial charge is 0.269 e. The van der Waals surface area contributed by atoms with Crippen molar-refractivity contribution in [1.82, 2.24) is 20.4 Å². The van der Waals surface area contributed by atoms with Gasteiger partial charge in [0.05, 0.1) is 16.7 Å². The second-order valence-electron chi connectivity index (χ2n) is 7.63. The number of hydrogen-bond donors (Lipinski definition) is 2. The summed E-state index contributed by atoms with van der Waals surface area (Å²) in [5.74, 6) is 0.203. The first-order chi connectivity index (χ1) is 15.0. The van der Waals surface area contributed by atoms with Crippen molar-refractivity contribution in [2.45, 2.75) is 44.0 Å². The molecule has 7 nitrogen and oxygen atoms in total. The van der Waals surface area contributed by atoms with E-state index in [1.807, 2.05) is 31.2 Å². The lowest BCUT2D eigenvalue weighted by molar-refractivity contribution is -0.119. The predicted octanol–water partition coefficient (Wildman–Crippen LogP) is 2.98. The monoisotopic (exact) mass is 436 g/mol. The molecule has 4 rings (SSSR count). The molecule has 0 atom stereocenters. The third kappa shape index (κ3) is 4.96. The molecule has 1 aliphatic heterocycles. The van der Waals surface area contributed by atoms with E-state index in [1.165, 1.54) is 11.8 Å². The van der Waals surface area contributed by atoms with Crippen LogP contribution in [0.25, 0.3) is 10.9 Å². The zero-order valence-electron chi connectivity index (χ0n) is 17.3.